The van der Waals surface area contributed by atoms with E-state index in [0.29, 0.717) is 12.8 Å². The summed E-state index contributed by atoms with van der Waals surface area (Å²) in [6, 6.07) is 0. The monoisotopic (exact) mass is 288 g/mol. The van der Waals surface area contributed by atoms with Gasteiger partial charge in [0.05, 0.1) is 12.1 Å². The standard InChI is InChI=1S/C5H10O3S.C3H4N2.CHF3/c1-2-3-4-5-9(6,7)8;1-2-5-3-4-1;2-1(3)4/h2H,1,3-5H2,(H,6,7,8);1-3H,(H,4,5);1H. The molecule has 0 fully saturated rings. The maximum absolute atomic E-state index is 10.0. The van der Waals surface area contributed by atoms with Gasteiger partial charge in [0.15, 0.2) is 0 Å². The van der Waals surface area contributed by atoms with E-state index in [1.54, 1.807) is 24.8 Å². The fraction of sp³-hybridized carbons (Fsp3) is 0.444. The number of hydrogen-bond acceptors (Lipinski definition) is 3. The van der Waals surface area contributed by atoms with Gasteiger partial charge in [-0.3, -0.25) is 4.55 Å². The third-order valence-corrected chi connectivity index (χ3v) is 2.02. The number of H-pyrrole nitrogens is 1. The van der Waals surface area contributed by atoms with Crippen LogP contribution in [0.5, 0.6) is 0 Å². The Hall–Kier alpha value is -1.35. The van der Waals surface area contributed by atoms with Gasteiger partial charge >= 0.3 is 6.68 Å². The van der Waals surface area contributed by atoms with Crippen molar-refractivity contribution >= 4 is 10.1 Å². The normalized spacial score (nSPS) is 9.83. The van der Waals surface area contributed by atoms with Gasteiger partial charge in [-0.25, -0.2) is 4.98 Å². The summed E-state index contributed by atoms with van der Waals surface area (Å²) >= 11 is 0. The molecule has 0 aliphatic carbocycles. The van der Waals surface area contributed by atoms with E-state index in [2.05, 4.69) is 16.5 Å². The minimum atomic E-state index is -3.74. The molecule has 0 saturated heterocycles. The molecule has 1 heterocycles. The second kappa shape index (κ2) is 12.1. The Morgan fingerprint density at radius 2 is 2.00 bits per heavy atom. The molecule has 0 saturated carbocycles. The maximum Gasteiger partial charge on any atom is 0.379 e. The number of imidazole rings is 1. The van der Waals surface area contributed by atoms with E-state index >= 15 is 0 Å². The van der Waals surface area contributed by atoms with Crippen molar-refractivity contribution in [1.29, 1.82) is 0 Å². The number of hydrogen-bond donors (Lipinski definition) is 2. The summed E-state index contributed by atoms with van der Waals surface area (Å²) in [6.07, 6.45) is 7.77. The molecule has 5 nitrogen and oxygen atoms in total. The van der Waals surface area contributed by atoms with Crippen LogP contribution in [0, 0.1) is 0 Å². The van der Waals surface area contributed by atoms with E-state index in [9.17, 15) is 21.6 Å². The number of alkyl halides is 3. The third kappa shape index (κ3) is 29.3. The van der Waals surface area contributed by atoms with Gasteiger partial charge in [-0.1, -0.05) is 6.08 Å². The van der Waals surface area contributed by atoms with Crippen molar-refractivity contribution in [2.24, 2.45) is 0 Å². The highest BCUT2D eigenvalue weighted by molar-refractivity contribution is 7.85. The SMILES string of the molecule is C=CCCCS(=O)(=O)O.FC(F)F.c1c[nH]cn1. The predicted molar refractivity (Wildman–Crippen MR) is 61.5 cm³/mol. The molecular weight excluding hydrogens is 273 g/mol. The smallest absolute Gasteiger partial charge is 0.351 e. The Kier molecular flexibility index (Phi) is 12.8. The minimum Gasteiger partial charge on any atom is -0.351 e. The topological polar surface area (TPSA) is 83.0 Å². The molecule has 0 spiro atoms. The molecule has 1 rings (SSSR count). The van der Waals surface area contributed by atoms with Gasteiger partial charge in [0.2, 0.25) is 0 Å². The second-order valence-electron chi connectivity index (χ2n) is 2.72. The predicted octanol–water partition coefficient (Wildman–Crippen LogP) is 2.43. The molecule has 0 aliphatic rings. The van der Waals surface area contributed by atoms with E-state index in [-0.39, 0.29) is 5.75 Å². The van der Waals surface area contributed by atoms with Crippen LogP contribution in [0.4, 0.5) is 13.2 Å². The molecule has 0 amide bonds. The van der Waals surface area contributed by atoms with Crippen molar-refractivity contribution in [3.8, 4) is 0 Å². The van der Waals surface area contributed by atoms with Crippen LogP contribution in [0.2, 0.25) is 0 Å². The molecule has 1 aromatic rings. The summed E-state index contributed by atoms with van der Waals surface area (Å²) in [7, 11) is -3.74. The fourth-order valence-electron chi connectivity index (χ4n) is 0.625. The zero-order valence-electron chi connectivity index (χ0n) is 9.47. The van der Waals surface area contributed by atoms with E-state index in [0.717, 1.165) is 0 Å². The van der Waals surface area contributed by atoms with Crippen LogP contribution in [0.15, 0.2) is 31.4 Å². The number of rotatable bonds is 4. The van der Waals surface area contributed by atoms with Crippen LogP contribution in [0.25, 0.3) is 0 Å². The van der Waals surface area contributed by atoms with Crippen molar-refractivity contribution in [3.63, 3.8) is 0 Å². The van der Waals surface area contributed by atoms with Crippen molar-refractivity contribution in [1.82, 2.24) is 9.97 Å². The molecule has 106 valence electrons. The first kappa shape index (κ1) is 19.0. The Bertz CT molecular complexity index is 348. The van der Waals surface area contributed by atoms with Gasteiger partial charge in [-0.2, -0.15) is 21.6 Å². The lowest BCUT2D eigenvalue weighted by atomic mass is 10.3. The molecule has 0 atom stereocenters. The first-order valence-corrected chi connectivity index (χ1v) is 6.31. The Balaban J connectivity index is 0. The van der Waals surface area contributed by atoms with Crippen LogP contribution in [0.3, 0.4) is 0 Å². The van der Waals surface area contributed by atoms with Gasteiger partial charge < -0.3 is 4.98 Å². The molecule has 9 heteroatoms. The molecule has 0 aromatic carbocycles. The minimum absolute atomic E-state index is 0.168. The van der Waals surface area contributed by atoms with Crippen LogP contribution >= 0.6 is 0 Å². The number of halogens is 3. The molecule has 0 radical (unpaired) electrons. The molecule has 2 N–H and O–H groups in total. The van der Waals surface area contributed by atoms with E-state index in [1.165, 1.54) is 0 Å². The van der Waals surface area contributed by atoms with E-state index < -0.39 is 16.8 Å². The number of allylic oxidation sites excluding steroid dienone is 1. The number of unbranched alkanes of at least 4 members (excludes halogenated alkanes) is 1. The maximum atomic E-state index is 10.0. The summed E-state index contributed by atoms with van der Waals surface area (Å²) in [4.78, 5) is 6.42. The average Bonchev–Trinajstić information content (AvgIpc) is 2.72. The van der Waals surface area contributed by atoms with Crippen molar-refractivity contribution < 1.29 is 26.1 Å². The number of aromatic amines is 1. The zero-order chi connectivity index (χ0) is 14.4. The first-order chi connectivity index (χ1) is 8.29. The van der Waals surface area contributed by atoms with Crippen molar-refractivity contribution in [2.75, 3.05) is 5.75 Å². The van der Waals surface area contributed by atoms with Gasteiger partial charge in [-0.15, -0.1) is 6.58 Å². The Labute approximate surface area is 103 Å². The highest BCUT2D eigenvalue weighted by Crippen LogP contribution is 1.93. The van der Waals surface area contributed by atoms with E-state index in [1.807, 2.05) is 0 Å². The lowest BCUT2D eigenvalue weighted by Gasteiger charge is -1.91. The Morgan fingerprint density at radius 3 is 2.22 bits per heavy atom. The van der Waals surface area contributed by atoms with Gasteiger partial charge in [-0.05, 0) is 12.8 Å². The van der Waals surface area contributed by atoms with Crippen molar-refractivity contribution in [2.45, 2.75) is 19.5 Å². The van der Waals surface area contributed by atoms with Gasteiger partial charge in [0, 0.05) is 12.4 Å². The Morgan fingerprint density at radius 1 is 1.44 bits per heavy atom. The van der Waals surface area contributed by atoms with Crippen LogP contribution in [-0.4, -0.2) is 35.4 Å². The summed E-state index contributed by atoms with van der Waals surface area (Å²) in [5.41, 5.74) is 0. The van der Waals surface area contributed by atoms with Gasteiger partial charge in [0.1, 0.15) is 0 Å². The largest absolute Gasteiger partial charge is 0.379 e. The average molecular weight is 288 g/mol. The van der Waals surface area contributed by atoms with Crippen molar-refractivity contribution in [3.05, 3.63) is 31.4 Å². The van der Waals surface area contributed by atoms with Crippen LogP contribution < -0.4 is 0 Å². The molecular formula is C9H15F3N2O3S. The summed E-state index contributed by atoms with van der Waals surface area (Å²) < 4.78 is 57.2. The lowest BCUT2D eigenvalue weighted by Crippen LogP contribution is -2.02. The quantitative estimate of drug-likeness (QED) is 0.506. The molecule has 0 unspecified atom stereocenters. The van der Waals surface area contributed by atoms with Gasteiger partial charge in [0.25, 0.3) is 10.1 Å². The van der Waals surface area contributed by atoms with Crippen LogP contribution in [0.1, 0.15) is 12.8 Å². The highest BCUT2D eigenvalue weighted by atomic mass is 32.2. The second-order valence-corrected chi connectivity index (χ2v) is 4.30. The van der Waals surface area contributed by atoms with E-state index in [4.69, 9.17) is 4.55 Å². The number of nitrogens with zero attached hydrogens (tertiary/aromatic N) is 1. The molecule has 18 heavy (non-hydrogen) atoms. The molecule has 1 aromatic heterocycles. The lowest BCUT2D eigenvalue weighted by molar-refractivity contribution is 0.00819. The fourth-order valence-corrected chi connectivity index (χ4v) is 1.16. The summed E-state index contributed by atoms with van der Waals surface area (Å²) in [6.45, 7) is -0.263. The molecule has 0 aliphatic heterocycles. The number of nitrogens with one attached hydrogen (secondary N) is 1. The summed E-state index contributed by atoms with van der Waals surface area (Å²) in [5.74, 6) is -0.168. The van der Waals surface area contributed by atoms with Crippen LogP contribution in [-0.2, 0) is 10.1 Å². The summed E-state index contributed by atoms with van der Waals surface area (Å²) in [5, 5.41) is 0. The first-order valence-electron chi connectivity index (χ1n) is 4.70. The zero-order valence-corrected chi connectivity index (χ0v) is 10.3. The highest BCUT2D eigenvalue weighted by Gasteiger charge is 2.00. The number of aromatic nitrogens is 2. The third-order valence-electron chi connectivity index (χ3n) is 1.22. The molecule has 0 bridgehead atoms.